The van der Waals surface area contributed by atoms with E-state index in [1.165, 1.54) is 6.91 Å². The van der Waals surface area contributed by atoms with Crippen LogP contribution in [0.1, 0.15) is 5.56 Å². The van der Waals surface area contributed by atoms with Crippen molar-refractivity contribution in [2.24, 2.45) is 0 Å². The third-order valence-corrected chi connectivity index (χ3v) is 2.39. The molecule has 0 aromatic carbocycles. The van der Waals surface area contributed by atoms with Crippen LogP contribution in [0.3, 0.4) is 0 Å². The molecule has 0 atom stereocenters. The zero-order chi connectivity index (χ0) is 8.48. The molecule has 0 spiro atoms. The van der Waals surface area contributed by atoms with Gasteiger partial charge in [0, 0.05) is 0 Å². The summed E-state index contributed by atoms with van der Waals surface area (Å²) in [7, 11) is -4.03. The topological polar surface area (TPSA) is 54.4 Å². The Labute approximate surface area is 66.0 Å². The van der Waals surface area contributed by atoms with Crippen LogP contribution in [0.2, 0.25) is 0 Å². The van der Waals surface area contributed by atoms with E-state index in [0.29, 0.717) is 5.56 Å². The van der Waals surface area contributed by atoms with E-state index < -0.39 is 10.1 Å². The number of hydrogen-bond donors (Lipinski definition) is 1. The Morgan fingerprint density at radius 1 is 1.55 bits per heavy atom. The van der Waals surface area contributed by atoms with Crippen LogP contribution >= 0.6 is 0 Å². The van der Waals surface area contributed by atoms with Gasteiger partial charge in [-0.05, 0) is 0 Å². The van der Waals surface area contributed by atoms with Gasteiger partial charge < -0.3 is 0 Å². The van der Waals surface area contributed by atoms with Crippen LogP contribution in [-0.4, -0.2) is 19.9 Å². The molecule has 0 radical (unpaired) electrons. The molecule has 1 heterocycles. The molecule has 0 saturated heterocycles. The van der Waals surface area contributed by atoms with Crippen molar-refractivity contribution in [2.45, 2.75) is 11.7 Å². The normalized spacial score (nSPS) is 11.1. The van der Waals surface area contributed by atoms with Crippen LogP contribution in [0.25, 0.3) is 0 Å². The van der Waals surface area contributed by atoms with Gasteiger partial charge in [0.2, 0.25) is 0 Å². The molecular formula is C6H7BO3S. The van der Waals surface area contributed by atoms with E-state index in [2.05, 4.69) is 0 Å². The zero-order valence-corrected chi connectivity index (χ0v) is 6.80. The van der Waals surface area contributed by atoms with Gasteiger partial charge in [-0.1, -0.05) is 0 Å². The van der Waals surface area contributed by atoms with Crippen molar-refractivity contribution in [1.82, 2.24) is 0 Å². The van der Waals surface area contributed by atoms with Gasteiger partial charge in [0.05, 0.1) is 0 Å². The summed E-state index contributed by atoms with van der Waals surface area (Å²) in [4.78, 5) is -0.0278. The molecule has 5 heteroatoms. The standard InChI is InChI=1S/C6H7BO3S/c1-5-3-2-4-7-6(5)11(8,9)10/h2-4H,1H3,(H,8,9,10). The summed E-state index contributed by atoms with van der Waals surface area (Å²) in [6.07, 6.45) is 0. The molecule has 11 heavy (non-hydrogen) atoms. The second-order valence-corrected chi connectivity index (χ2v) is 3.63. The molecule has 1 aromatic rings. The molecule has 0 aliphatic rings. The third kappa shape index (κ3) is 1.88. The summed E-state index contributed by atoms with van der Waals surface area (Å²) in [5.74, 6) is 1.57. The second-order valence-electron chi connectivity index (χ2n) is 2.24. The molecule has 3 nitrogen and oxygen atoms in total. The van der Waals surface area contributed by atoms with E-state index in [1.54, 1.807) is 25.0 Å². The summed E-state index contributed by atoms with van der Waals surface area (Å²) in [6, 6.07) is 3.34. The van der Waals surface area contributed by atoms with Crippen LogP contribution in [0.5, 0.6) is 0 Å². The molecule has 0 saturated carbocycles. The average molecular weight is 170 g/mol. The fourth-order valence-electron chi connectivity index (χ4n) is 0.846. The Bertz CT molecular complexity index is 358. The molecule has 1 rings (SSSR count). The van der Waals surface area contributed by atoms with Crippen molar-refractivity contribution in [3.8, 4) is 0 Å². The minimum absolute atomic E-state index is 0.0278. The van der Waals surface area contributed by atoms with Gasteiger partial charge >= 0.3 is 65.4 Å². The summed E-state index contributed by atoms with van der Waals surface area (Å²) in [5, 5.41) is 0. The fraction of sp³-hybridized carbons (Fsp3) is 0.167. The van der Waals surface area contributed by atoms with Crippen molar-refractivity contribution in [3.05, 3.63) is 23.7 Å². The van der Waals surface area contributed by atoms with Crippen LogP contribution in [0.15, 0.2) is 22.9 Å². The summed E-state index contributed by atoms with van der Waals surface area (Å²) in [5.41, 5.74) is 0.551. The fourth-order valence-corrected chi connectivity index (χ4v) is 1.57. The molecule has 0 aliphatic heterocycles. The second kappa shape index (κ2) is 2.75. The Morgan fingerprint density at radius 2 is 2.18 bits per heavy atom. The Kier molecular flexibility index (Phi) is 2.11. The van der Waals surface area contributed by atoms with Crippen molar-refractivity contribution < 1.29 is 13.0 Å². The van der Waals surface area contributed by atoms with Gasteiger partial charge in [0.25, 0.3) is 0 Å². The van der Waals surface area contributed by atoms with Crippen molar-refractivity contribution in [1.29, 1.82) is 0 Å². The maximum atomic E-state index is 10.6. The van der Waals surface area contributed by atoms with Crippen LogP contribution < -0.4 is 0 Å². The molecule has 0 aliphatic carbocycles. The van der Waals surface area contributed by atoms with E-state index >= 15 is 0 Å². The molecule has 1 aromatic heterocycles. The molecule has 58 valence electrons. The van der Waals surface area contributed by atoms with Gasteiger partial charge in [-0.15, -0.1) is 0 Å². The predicted octanol–water partition coefficient (Wildman–Crippen LogP) is 0.580. The number of aryl methyl sites for hydroxylation is 1. The van der Waals surface area contributed by atoms with Crippen molar-refractivity contribution in [2.75, 3.05) is 0 Å². The first-order chi connectivity index (χ1) is 5.02. The molecular weight excluding hydrogens is 163 g/mol. The minimum atomic E-state index is -4.03. The Hall–Kier alpha value is -0.675. The quantitative estimate of drug-likeness (QED) is 0.627. The van der Waals surface area contributed by atoms with E-state index in [0.717, 1.165) is 0 Å². The summed E-state index contributed by atoms with van der Waals surface area (Å²) in [6.45, 7) is 2.99. The first kappa shape index (κ1) is 8.42. The van der Waals surface area contributed by atoms with Gasteiger partial charge in [-0.3, -0.25) is 0 Å². The van der Waals surface area contributed by atoms with Crippen LogP contribution in [0, 0.1) is 6.92 Å². The first-order valence-corrected chi connectivity index (χ1v) is 4.49. The molecule has 0 bridgehead atoms. The van der Waals surface area contributed by atoms with Gasteiger partial charge in [0.15, 0.2) is 0 Å². The third-order valence-electron chi connectivity index (χ3n) is 1.37. The van der Waals surface area contributed by atoms with E-state index in [4.69, 9.17) is 4.55 Å². The van der Waals surface area contributed by atoms with Crippen molar-refractivity contribution >= 4 is 17.0 Å². The molecule has 0 amide bonds. The summed E-state index contributed by atoms with van der Waals surface area (Å²) >= 11 is 0. The zero-order valence-electron chi connectivity index (χ0n) is 5.98. The maximum absolute atomic E-state index is 10.6. The number of rotatable bonds is 1. The Morgan fingerprint density at radius 3 is 2.55 bits per heavy atom. The predicted molar refractivity (Wildman–Crippen MR) is 42.3 cm³/mol. The van der Waals surface area contributed by atoms with E-state index in [-0.39, 0.29) is 4.79 Å². The van der Waals surface area contributed by atoms with E-state index in [1.807, 2.05) is 0 Å². The number of hydrogen-bond acceptors (Lipinski definition) is 2. The van der Waals surface area contributed by atoms with E-state index in [9.17, 15) is 8.42 Å². The monoisotopic (exact) mass is 170 g/mol. The van der Waals surface area contributed by atoms with Crippen molar-refractivity contribution in [3.63, 3.8) is 0 Å². The molecule has 0 unspecified atom stereocenters. The van der Waals surface area contributed by atoms with Crippen LogP contribution in [-0.2, 0) is 10.1 Å². The van der Waals surface area contributed by atoms with Gasteiger partial charge in [-0.25, -0.2) is 0 Å². The first-order valence-electron chi connectivity index (χ1n) is 3.05. The summed E-state index contributed by atoms with van der Waals surface area (Å²) < 4.78 is 29.9. The van der Waals surface area contributed by atoms with Crippen LogP contribution in [0.4, 0.5) is 0 Å². The van der Waals surface area contributed by atoms with Gasteiger partial charge in [0.1, 0.15) is 0 Å². The molecule has 1 N–H and O–H groups in total. The SMILES string of the molecule is Cc1cccbc1S(=O)(=O)O. The van der Waals surface area contributed by atoms with Gasteiger partial charge in [-0.2, -0.15) is 0 Å². The average Bonchev–Trinajstić information content (AvgIpc) is 1.86. The Balaban J connectivity index is 3.37. The molecule has 0 fully saturated rings.